The summed E-state index contributed by atoms with van der Waals surface area (Å²) in [7, 11) is 0. The largest absolute Gasteiger partial charge is 0.364 e. The van der Waals surface area contributed by atoms with Crippen LogP contribution in [0.4, 0.5) is 16.2 Å². The molecule has 0 spiro atoms. The number of thioether (sulfide) groups is 2. The minimum absolute atomic E-state index is 0.124. The highest BCUT2D eigenvalue weighted by molar-refractivity contribution is 8.18. The third-order valence-electron chi connectivity index (χ3n) is 6.54. The number of hydrogen-bond acceptors (Lipinski definition) is 4. The highest BCUT2D eigenvalue weighted by atomic mass is 32.2. The minimum Gasteiger partial charge on any atom is -0.364 e. The molecule has 2 aliphatic rings. The van der Waals surface area contributed by atoms with E-state index in [1.54, 1.807) is 0 Å². The molecule has 1 fully saturated rings. The van der Waals surface area contributed by atoms with Crippen molar-refractivity contribution in [3.05, 3.63) is 71.3 Å². The van der Waals surface area contributed by atoms with E-state index in [-0.39, 0.29) is 10.1 Å². The quantitative estimate of drug-likeness (QED) is 0.400. The minimum atomic E-state index is -0.157. The first-order valence-electron chi connectivity index (χ1n) is 12.4. The highest BCUT2D eigenvalue weighted by Crippen LogP contribution is 2.50. The summed E-state index contributed by atoms with van der Waals surface area (Å²) in [5.41, 5.74) is 5.87. The number of anilines is 2. The zero-order valence-electron chi connectivity index (χ0n) is 20.8. The fraction of sp³-hybridized carbons (Fsp3) is 0.464. The molecule has 1 saturated heterocycles. The normalized spacial score (nSPS) is 17.4. The van der Waals surface area contributed by atoms with Gasteiger partial charge < -0.3 is 15.5 Å². The molecule has 2 heterocycles. The Kier molecular flexibility index (Phi) is 8.20. The van der Waals surface area contributed by atoms with E-state index in [1.807, 2.05) is 23.5 Å². The molecular weight excluding hydrogens is 458 g/mol. The number of amides is 2. The Morgan fingerprint density at radius 2 is 1.53 bits per heavy atom. The Morgan fingerprint density at radius 1 is 0.941 bits per heavy atom. The van der Waals surface area contributed by atoms with Gasteiger partial charge in [-0.05, 0) is 58.6 Å². The maximum atomic E-state index is 13.2. The van der Waals surface area contributed by atoms with Gasteiger partial charge in [0.25, 0.3) is 0 Å². The molecule has 6 heteroatoms. The van der Waals surface area contributed by atoms with E-state index in [1.165, 1.54) is 28.8 Å². The van der Waals surface area contributed by atoms with Gasteiger partial charge in [0, 0.05) is 31.0 Å². The van der Waals surface area contributed by atoms with Gasteiger partial charge in [-0.3, -0.25) is 0 Å². The molecule has 4 nitrogen and oxygen atoms in total. The van der Waals surface area contributed by atoms with Crippen molar-refractivity contribution >= 4 is 40.9 Å². The fourth-order valence-electron chi connectivity index (χ4n) is 4.61. The van der Waals surface area contributed by atoms with E-state index in [0.717, 1.165) is 30.3 Å². The lowest BCUT2D eigenvalue weighted by atomic mass is 9.93. The second-order valence-corrected chi connectivity index (χ2v) is 12.7. The van der Waals surface area contributed by atoms with E-state index in [0.29, 0.717) is 18.4 Å². The first-order chi connectivity index (χ1) is 16.4. The number of nitrogens with one attached hydrogen (secondary N) is 2. The Balaban J connectivity index is 1.49. The van der Waals surface area contributed by atoms with Crippen molar-refractivity contribution in [2.45, 2.75) is 50.0 Å². The molecule has 2 aliphatic heterocycles. The van der Waals surface area contributed by atoms with Gasteiger partial charge in [-0.1, -0.05) is 70.2 Å². The van der Waals surface area contributed by atoms with Gasteiger partial charge in [-0.2, -0.15) is 0 Å². The summed E-state index contributed by atoms with van der Waals surface area (Å²) >= 11 is 3.92. The number of carbonyl (C=O) groups is 1. The molecule has 0 unspecified atom stereocenters. The zero-order valence-corrected chi connectivity index (χ0v) is 22.4. The van der Waals surface area contributed by atoms with E-state index >= 15 is 0 Å². The van der Waals surface area contributed by atoms with Crippen LogP contribution in [-0.4, -0.2) is 37.2 Å². The average molecular weight is 496 g/mol. The highest BCUT2D eigenvalue weighted by Gasteiger charge is 2.36. The van der Waals surface area contributed by atoms with Crippen LogP contribution in [0.3, 0.4) is 0 Å². The molecule has 0 aromatic heterocycles. The van der Waals surface area contributed by atoms with Gasteiger partial charge in [0.05, 0.1) is 0 Å². The molecule has 0 aliphatic carbocycles. The lowest BCUT2D eigenvalue weighted by Crippen LogP contribution is -2.40. The molecule has 2 N–H and O–H groups in total. The van der Waals surface area contributed by atoms with Crippen LogP contribution in [0.15, 0.2) is 54.6 Å². The summed E-state index contributed by atoms with van der Waals surface area (Å²) in [6, 6.07) is 15.2. The summed E-state index contributed by atoms with van der Waals surface area (Å²) in [6.07, 6.45) is 5.64. The molecule has 2 aromatic carbocycles. The number of urea groups is 1. The van der Waals surface area contributed by atoms with Crippen LogP contribution >= 0.6 is 23.5 Å². The lowest BCUT2D eigenvalue weighted by Gasteiger charge is -2.37. The first-order valence-corrected chi connectivity index (χ1v) is 14.3. The van der Waals surface area contributed by atoms with Gasteiger partial charge in [0.15, 0.2) is 0 Å². The van der Waals surface area contributed by atoms with Crippen molar-refractivity contribution in [3.8, 4) is 0 Å². The SMILES string of the molecule is CC(C)c1cccc(C(C)C)c1NC(=O)NCC1(c2ccc(N3CC=CC3)cc2)SCCCS1. The van der Waals surface area contributed by atoms with E-state index in [2.05, 4.69) is 97.8 Å². The molecule has 0 radical (unpaired) electrons. The van der Waals surface area contributed by atoms with Crippen LogP contribution in [0.25, 0.3) is 0 Å². The van der Waals surface area contributed by atoms with Crippen LogP contribution in [0.1, 0.15) is 62.6 Å². The second kappa shape index (κ2) is 11.1. The summed E-state index contributed by atoms with van der Waals surface area (Å²) in [5, 5.41) is 6.44. The number of carbonyl (C=O) groups excluding carboxylic acids is 1. The van der Waals surface area contributed by atoms with Gasteiger partial charge in [0.2, 0.25) is 0 Å². The Labute approximate surface area is 213 Å². The molecule has 0 bridgehead atoms. The number of rotatable bonds is 7. The zero-order chi connectivity index (χ0) is 24.1. The van der Waals surface area contributed by atoms with Gasteiger partial charge in [-0.25, -0.2) is 4.79 Å². The van der Waals surface area contributed by atoms with Crippen molar-refractivity contribution in [3.63, 3.8) is 0 Å². The van der Waals surface area contributed by atoms with Gasteiger partial charge in [-0.15, -0.1) is 23.5 Å². The van der Waals surface area contributed by atoms with E-state index in [4.69, 9.17) is 0 Å². The third kappa shape index (κ3) is 5.60. The van der Waals surface area contributed by atoms with Crippen LogP contribution in [0.5, 0.6) is 0 Å². The van der Waals surface area contributed by atoms with Crippen LogP contribution in [-0.2, 0) is 4.08 Å². The summed E-state index contributed by atoms with van der Waals surface area (Å²) < 4.78 is -0.157. The van der Waals surface area contributed by atoms with Gasteiger partial charge in [0.1, 0.15) is 4.08 Å². The molecule has 4 rings (SSSR count). The van der Waals surface area contributed by atoms with E-state index < -0.39 is 0 Å². The summed E-state index contributed by atoms with van der Waals surface area (Å²) in [4.78, 5) is 15.5. The topological polar surface area (TPSA) is 44.4 Å². The Bertz CT molecular complexity index is 977. The van der Waals surface area contributed by atoms with Crippen molar-refractivity contribution in [1.82, 2.24) is 5.32 Å². The number of benzene rings is 2. The second-order valence-electron chi connectivity index (χ2n) is 9.66. The fourth-order valence-corrected chi connectivity index (χ4v) is 7.82. The van der Waals surface area contributed by atoms with Crippen LogP contribution in [0, 0.1) is 0 Å². The molecule has 2 amide bonds. The monoisotopic (exact) mass is 495 g/mol. The summed E-state index contributed by atoms with van der Waals surface area (Å²) in [5.74, 6) is 2.91. The molecule has 34 heavy (non-hydrogen) atoms. The Morgan fingerprint density at radius 3 is 2.09 bits per heavy atom. The lowest BCUT2D eigenvalue weighted by molar-refractivity contribution is 0.252. The van der Waals surface area contributed by atoms with Crippen molar-refractivity contribution in [1.29, 1.82) is 0 Å². The maximum absolute atomic E-state index is 13.2. The van der Waals surface area contributed by atoms with Crippen LogP contribution in [0.2, 0.25) is 0 Å². The van der Waals surface area contributed by atoms with E-state index in [9.17, 15) is 4.79 Å². The third-order valence-corrected chi connectivity index (χ3v) is 9.93. The van der Waals surface area contributed by atoms with Crippen molar-refractivity contribution < 1.29 is 4.79 Å². The first kappa shape index (κ1) is 25.1. The molecule has 0 saturated carbocycles. The standard InChI is InChI=1S/C28H37N3OS2/c1-20(2)24-9-7-10-25(21(3)4)26(24)30-27(32)29-19-28(33-17-8-18-34-28)22-11-13-23(14-12-22)31-15-5-6-16-31/h5-7,9-14,20-21H,8,15-19H2,1-4H3,(H2,29,30,32). The predicted molar refractivity (Wildman–Crippen MR) is 151 cm³/mol. The summed E-state index contributed by atoms with van der Waals surface area (Å²) in [6.45, 7) is 11.3. The Hall–Kier alpha value is -2.05. The predicted octanol–water partition coefficient (Wildman–Crippen LogP) is 7.15. The number of para-hydroxylation sites is 1. The molecule has 2 aromatic rings. The van der Waals surface area contributed by atoms with Crippen molar-refractivity contribution in [2.75, 3.05) is 41.4 Å². The van der Waals surface area contributed by atoms with Crippen molar-refractivity contribution in [2.24, 2.45) is 0 Å². The molecule has 182 valence electrons. The smallest absolute Gasteiger partial charge is 0.319 e. The molecule has 0 atom stereocenters. The number of hydrogen-bond donors (Lipinski definition) is 2. The van der Waals surface area contributed by atoms with Crippen LogP contribution < -0.4 is 15.5 Å². The average Bonchev–Trinajstić information content (AvgIpc) is 3.38. The van der Waals surface area contributed by atoms with Gasteiger partial charge >= 0.3 is 6.03 Å². The maximum Gasteiger partial charge on any atom is 0.319 e. The molecular formula is C28H37N3OS2. The number of nitrogens with zero attached hydrogens (tertiary/aromatic N) is 1.